The standard InChI is InChI=1S/C22H24N4O2/c1-17-22(27)26(20-7-9-21(28-2)10-8-20)14-13-24(17)15-18-3-5-19(6-4-18)25-12-11-23-16-25/h3-12,16-17H,13-15H2,1-2H3. The number of benzene rings is 2. The summed E-state index contributed by atoms with van der Waals surface area (Å²) in [6.07, 6.45) is 5.48. The molecule has 1 aliphatic heterocycles. The maximum absolute atomic E-state index is 12.9. The molecule has 3 aromatic rings. The quantitative estimate of drug-likeness (QED) is 0.687. The van der Waals surface area contributed by atoms with E-state index >= 15 is 0 Å². The first-order valence-corrected chi connectivity index (χ1v) is 9.42. The van der Waals surface area contributed by atoms with Crippen molar-refractivity contribution < 1.29 is 9.53 Å². The molecule has 0 radical (unpaired) electrons. The molecule has 1 unspecified atom stereocenters. The molecule has 0 aliphatic carbocycles. The van der Waals surface area contributed by atoms with Crippen molar-refractivity contribution in [1.82, 2.24) is 14.5 Å². The lowest BCUT2D eigenvalue weighted by Crippen LogP contribution is -2.55. The summed E-state index contributed by atoms with van der Waals surface area (Å²) in [6.45, 7) is 4.26. The van der Waals surface area contributed by atoms with Crippen molar-refractivity contribution in [3.63, 3.8) is 0 Å². The van der Waals surface area contributed by atoms with Crippen molar-refractivity contribution in [2.24, 2.45) is 0 Å². The first-order valence-electron chi connectivity index (χ1n) is 9.42. The maximum Gasteiger partial charge on any atom is 0.244 e. The molecule has 1 fully saturated rings. The van der Waals surface area contributed by atoms with Gasteiger partial charge in [-0.05, 0) is 48.9 Å². The molecule has 0 saturated carbocycles. The Labute approximate surface area is 165 Å². The van der Waals surface area contributed by atoms with E-state index in [1.807, 2.05) is 46.9 Å². The first-order chi connectivity index (χ1) is 13.7. The van der Waals surface area contributed by atoms with Crippen LogP contribution in [0.5, 0.6) is 5.75 Å². The molecule has 0 spiro atoms. The Bertz CT molecular complexity index is 920. The molecule has 6 nitrogen and oxygen atoms in total. The van der Waals surface area contributed by atoms with E-state index in [2.05, 4.69) is 34.1 Å². The van der Waals surface area contributed by atoms with Crippen molar-refractivity contribution in [2.75, 3.05) is 25.1 Å². The van der Waals surface area contributed by atoms with Crippen LogP contribution < -0.4 is 9.64 Å². The van der Waals surface area contributed by atoms with Crippen molar-refractivity contribution in [3.05, 3.63) is 72.8 Å². The van der Waals surface area contributed by atoms with Crippen LogP contribution in [0, 0.1) is 0 Å². The number of methoxy groups -OCH3 is 1. The molecule has 1 saturated heterocycles. The van der Waals surface area contributed by atoms with Crippen LogP contribution in [0.25, 0.3) is 5.69 Å². The second-order valence-corrected chi connectivity index (χ2v) is 6.97. The minimum atomic E-state index is -0.163. The molecule has 0 N–H and O–H groups in total. The van der Waals surface area contributed by atoms with Gasteiger partial charge in [-0.2, -0.15) is 0 Å². The summed E-state index contributed by atoms with van der Waals surface area (Å²) in [5.74, 6) is 0.925. The number of aromatic nitrogens is 2. The van der Waals surface area contributed by atoms with Crippen LogP contribution in [0.15, 0.2) is 67.3 Å². The average Bonchev–Trinajstić information content (AvgIpc) is 3.27. The zero-order valence-electron chi connectivity index (χ0n) is 16.2. The second-order valence-electron chi connectivity index (χ2n) is 6.97. The Kier molecular flexibility index (Phi) is 5.12. The normalized spacial score (nSPS) is 17.7. The number of imidazole rings is 1. The van der Waals surface area contributed by atoms with Crippen molar-refractivity contribution >= 4 is 11.6 Å². The van der Waals surface area contributed by atoms with Gasteiger partial charge in [-0.25, -0.2) is 4.98 Å². The van der Waals surface area contributed by atoms with Crippen LogP contribution in [-0.2, 0) is 11.3 Å². The van der Waals surface area contributed by atoms with Gasteiger partial charge in [0, 0.05) is 43.4 Å². The molecule has 144 valence electrons. The third-order valence-corrected chi connectivity index (χ3v) is 5.29. The fraction of sp³-hybridized carbons (Fsp3) is 0.273. The summed E-state index contributed by atoms with van der Waals surface area (Å²) < 4.78 is 7.18. The number of rotatable bonds is 5. The molecule has 1 amide bonds. The van der Waals surface area contributed by atoms with Crippen LogP contribution in [0.4, 0.5) is 5.69 Å². The first kappa shape index (κ1) is 18.3. The van der Waals surface area contributed by atoms with Gasteiger partial charge in [0.25, 0.3) is 0 Å². The minimum absolute atomic E-state index is 0.131. The monoisotopic (exact) mass is 376 g/mol. The number of hydrogen-bond acceptors (Lipinski definition) is 4. The van der Waals surface area contributed by atoms with E-state index in [-0.39, 0.29) is 11.9 Å². The van der Waals surface area contributed by atoms with Gasteiger partial charge >= 0.3 is 0 Å². The summed E-state index contributed by atoms with van der Waals surface area (Å²) in [6, 6.07) is 15.9. The number of piperazine rings is 1. The molecule has 6 heteroatoms. The smallest absolute Gasteiger partial charge is 0.244 e. The van der Waals surface area contributed by atoms with Crippen LogP contribution in [0.3, 0.4) is 0 Å². The average molecular weight is 376 g/mol. The van der Waals surface area contributed by atoms with E-state index in [1.165, 1.54) is 5.56 Å². The highest BCUT2D eigenvalue weighted by Gasteiger charge is 2.32. The predicted molar refractivity (Wildman–Crippen MR) is 109 cm³/mol. The van der Waals surface area contributed by atoms with Gasteiger partial charge < -0.3 is 14.2 Å². The summed E-state index contributed by atoms with van der Waals surface area (Å²) >= 11 is 0. The van der Waals surface area contributed by atoms with E-state index in [9.17, 15) is 4.79 Å². The molecule has 1 aliphatic rings. The lowest BCUT2D eigenvalue weighted by Gasteiger charge is -2.39. The molecule has 28 heavy (non-hydrogen) atoms. The van der Waals surface area contributed by atoms with Gasteiger partial charge in [0.1, 0.15) is 5.75 Å². The number of ether oxygens (including phenoxy) is 1. The predicted octanol–water partition coefficient (Wildman–Crippen LogP) is 3.12. The van der Waals surface area contributed by atoms with Crippen LogP contribution >= 0.6 is 0 Å². The SMILES string of the molecule is COc1ccc(N2CCN(Cc3ccc(-n4ccnc4)cc3)C(C)C2=O)cc1. The molecule has 1 aromatic heterocycles. The van der Waals surface area contributed by atoms with Gasteiger partial charge in [-0.3, -0.25) is 9.69 Å². The van der Waals surface area contributed by atoms with Gasteiger partial charge in [0.05, 0.1) is 19.5 Å². The Morgan fingerprint density at radius 2 is 1.75 bits per heavy atom. The highest BCUT2D eigenvalue weighted by Crippen LogP contribution is 2.24. The van der Waals surface area contributed by atoms with E-state index in [1.54, 1.807) is 19.6 Å². The van der Waals surface area contributed by atoms with E-state index < -0.39 is 0 Å². The Morgan fingerprint density at radius 3 is 2.39 bits per heavy atom. The van der Waals surface area contributed by atoms with Crippen molar-refractivity contribution in [2.45, 2.75) is 19.5 Å². The number of carbonyl (C=O) groups is 1. The molecule has 0 bridgehead atoms. The van der Waals surface area contributed by atoms with Gasteiger partial charge in [0.15, 0.2) is 0 Å². The van der Waals surface area contributed by atoms with E-state index in [4.69, 9.17) is 4.74 Å². The fourth-order valence-electron chi connectivity index (χ4n) is 3.57. The second kappa shape index (κ2) is 7.86. The molecular weight excluding hydrogens is 352 g/mol. The summed E-state index contributed by atoms with van der Waals surface area (Å²) in [4.78, 5) is 21.1. The molecule has 2 heterocycles. The highest BCUT2D eigenvalue weighted by atomic mass is 16.5. The fourth-order valence-corrected chi connectivity index (χ4v) is 3.57. The number of amides is 1. The maximum atomic E-state index is 12.9. The van der Waals surface area contributed by atoms with Crippen LogP contribution in [0.2, 0.25) is 0 Å². The van der Waals surface area contributed by atoms with Crippen LogP contribution in [-0.4, -0.2) is 46.6 Å². The number of hydrogen-bond donors (Lipinski definition) is 0. The van der Waals surface area contributed by atoms with Crippen molar-refractivity contribution in [1.29, 1.82) is 0 Å². The zero-order valence-corrected chi connectivity index (χ0v) is 16.2. The summed E-state index contributed by atoms with van der Waals surface area (Å²) in [5, 5.41) is 0. The zero-order chi connectivity index (χ0) is 19.5. The molecular formula is C22H24N4O2. The lowest BCUT2D eigenvalue weighted by molar-refractivity contribution is -0.125. The summed E-state index contributed by atoms with van der Waals surface area (Å²) in [5.41, 5.74) is 3.19. The summed E-state index contributed by atoms with van der Waals surface area (Å²) in [7, 11) is 1.64. The van der Waals surface area contributed by atoms with Gasteiger partial charge in [-0.1, -0.05) is 12.1 Å². The van der Waals surface area contributed by atoms with Crippen LogP contribution in [0.1, 0.15) is 12.5 Å². The third kappa shape index (κ3) is 3.64. The largest absolute Gasteiger partial charge is 0.497 e. The number of carbonyl (C=O) groups excluding carboxylic acids is 1. The topological polar surface area (TPSA) is 50.6 Å². The van der Waals surface area contributed by atoms with E-state index in [0.29, 0.717) is 6.54 Å². The Balaban J connectivity index is 1.42. The Hall–Kier alpha value is -3.12. The number of anilines is 1. The van der Waals surface area contributed by atoms with E-state index in [0.717, 1.165) is 30.2 Å². The Morgan fingerprint density at radius 1 is 1.04 bits per heavy atom. The van der Waals surface area contributed by atoms with Crippen molar-refractivity contribution in [3.8, 4) is 11.4 Å². The minimum Gasteiger partial charge on any atom is -0.497 e. The lowest BCUT2D eigenvalue weighted by atomic mass is 10.1. The third-order valence-electron chi connectivity index (χ3n) is 5.29. The van der Waals surface area contributed by atoms with Gasteiger partial charge in [-0.15, -0.1) is 0 Å². The molecule has 4 rings (SSSR count). The highest BCUT2D eigenvalue weighted by molar-refractivity contribution is 5.97. The molecule has 1 atom stereocenters. The van der Waals surface area contributed by atoms with Gasteiger partial charge in [0.2, 0.25) is 5.91 Å². The number of nitrogens with zero attached hydrogens (tertiary/aromatic N) is 4. The molecule has 2 aromatic carbocycles.